The Bertz CT molecular complexity index is 1660. The van der Waals surface area contributed by atoms with Crippen LogP contribution in [0.15, 0.2) is 84.9 Å². The van der Waals surface area contributed by atoms with Gasteiger partial charge in [0.1, 0.15) is 16.8 Å². The lowest BCUT2D eigenvalue weighted by atomic mass is 10.1. The molecule has 236 valence electrons. The van der Waals surface area contributed by atoms with Gasteiger partial charge < -0.3 is 20.2 Å². The molecule has 0 fully saturated rings. The molecule has 0 amide bonds. The van der Waals surface area contributed by atoms with Crippen molar-refractivity contribution in [2.45, 2.75) is 71.5 Å². The van der Waals surface area contributed by atoms with Crippen LogP contribution in [-0.2, 0) is 11.0 Å². The van der Waals surface area contributed by atoms with Crippen molar-refractivity contribution in [3.05, 3.63) is 96.2 Å². The summed E-state index contributed by atoms with van der Waals surface area (Å²) in [7, 11) is -0.954. The van der Waals surface area contributed by atoms with Gasteiger partial charge >= 0.3 is 0 Å². The molecule has 0 spiro atoms. The average molecular weight is 623 g/mol. The Kier molecular flexibility index (Phi) is 9.89. The number of methoxy groups -OCH3 is 1. The lowest BCUT2D eigenvalue weighted by Crippen LogP contribution is -2.66. The molecular formula is C36H46N6O2Si. The number of fused-ring (bicyclic) bond motifs is 1. The van der Waals surface area contributed by atoms with Crippen LogP contribution in [-0.4, -0.2) is 47.8 Å². The van der Waals surface area contributed by atoms with Gasteiger partial charge in [-0.1, -0.05) is 113 Å². The summed E-state index contributed by atoms with van der Waals surface area (Å²) >= 11 is 0. The zero-order chi connectivity index (χ0) is 32.0. The number of aromatic nitrogens is 4. The number of nitrogens with zero attached hydrogens (tertiary/aromatic N) is 4. The van der Waals surface area contributed by atoms with Crippen molar-refractivity contribution < 1.29 is 9.16 Å². The van der Waals surface area contributed by atoms with E-state index in [-0.39, 0.29) is 17.0 Å². The lowest BCUT2D eigenvalue weighted by Gasteiger charge is -2.43. The number of nitrogen functional groups attached to an aromatic ring is 1. The maximum absolute atomic E-state index is 7.23. The second kappa shape index (κ2) is 13.8. The summed E-state index contributed by atoms with van der Waals surface area (Å²) in [5.41, 5.74) is 9.66. The van der Waals surface area contributed by atoms with E-state index in [1.54, 1.807) is 7.11 Å². The zero-order valence-electron chi connectivity index (χ0n) is 27.4. The van der Waals surface area contributed by atoms with Crippen LogP contribution in [0.1, 0.15) is 58.2 Å². The molecule has 8 nitrogen and oxygen atoms in total. The van der Waals surface area contributed by atoms with Crippen LogP contribution in [0.5, 0.6) is 5.75 Å². The number of nitrogens with one attached hydrogen (secondary N) is 1. The van der Waals surface area contributed by atoms with E-state index in [1.165, 1.54) is 10.4 Å². The van der Waals surface area contributed by atoms with E-state index < -0.39 is 8.32 Å². The Labute approximate surface area is 268 Å². The number of aryl methyl sites for hydroxylation is 1. The normalized spacial score (nSPS) is 12.8. The van der Waals surface area contributed by atoms with Crippen LogP contribution in [0.4, 0.5) is 11.8 Å². The standard InChI is InChI=1S/C36H46N6O2Si/c1-7-16-28(23-24-44-45(36(3,4)5,29-18-10-8-11-19-29)30-20-12-9-13-21-30)38-34-33-32(39-35(37)40-34)26(2)41-42(33)25-27-17-14-15-22-31(27)43-6/h8-15,17-22,28H,7,16,23-25H2,1-6H3,(H3,37,38,39,40)/t28-/m0/s1. The van der Waals surface area contributed by atoms with E-state index in [9.17, 15) is 0 Å². The van der Waals surface area contributed by atoms with Gasteiger partial charge in [0.25, 0.3) is 8.32 Å². The second-order valence-electron chi connectivity index (χ2n) is 12.6. The molecule has 0 aliphatic heterocycles. The number of benzene rings is 3. The Morgan fingerprint density at radius 2 is 1.51 bits per heavy atom. The lowest BCUT2D eigenvalue weighted by molar-refractivity contribution is 0.281. The number of hydrogen-bond donors (Lipinski definition) is 2. The topological polar surface area (TPSA) is 100 Å². The van der Waals surface area contributed by atoms with Crippen molar-refractivity contribution in [3.8, 4) is 5.75 Å². The first-order valence-corrected chi connectivity index (χ1v) is 17.7. The summed E-state index contributed by atoms with van der Waals surface area (Å²) in [6, 6.07) is 29.7. The number of para-hydroxylation sites is 1. The first-order valence-electron chi connectivity index (χ1n) is 15.8. The van der Waals surface area contributed by atoms with Gasteiger partial charge in [-0.25, -0.2) is 4.98 Å². The van der Waals surface area contributed by atoms with Crippen LogP contribution < -0.4 is 26.2 Å². The molecule has 0 unspecified atom stereocenters. The van der Waals surface area contributed by atoms with Gasteiger partial charge in [-0.2, -0.15) is 10.1 Å². The van der Waals surface area contributed by atoms with Gasteiger partial charge in [0.15, 0.2) is 5.82 Å². The fourth-order valence-corrected chi connectivity index (χ4v) is 11.0. The number of nitrogens with two attached hydrogens (primary N) is 1. The van der Waals surface area contributed by atoms with Crippen molar-refractivity contribution in [3.63, 3.8) is 0 Å². The monoisotopic (exact) mass is 622 g/mol. The predicted octanol–water partition coefficient (Wildman–Crippen LogP) is 6.32. The van der Waals surface area contributed by atoms with Crippen molar-refractivity contribution in [2.75, 3.05) is 24.8 Å². The van der Waals surface area contributed by atoms with Gasteiger partial charge in [-0.3, -0.25) is 4.68 Å². The second-order valence-corrected chi connectivity index (χ2v) is 16.9. The van der Waals surface area contributed by atoms with Gasteiger partial charge in [-0.05, 0) is 41.2 Å². The Balaban J connectivity index is 1.46. The highest BCUT2D eigenvalue weighted by Gasteiger charge is 2.50. The molecule has 3 aromatic carbocycles. The highest BCUT2D eigenvalue weighted by atomic mass is 28.4. The molecule has 0 saturated heterocycles. The summed E-state index contributed by atoms with van der Waals surface area (Å²) in [6.45, 7) is 12.2. The molecule has 2 aromatic heterocycles. The minimum absolute atomic E-state index is 0.0841. The summed E-state index contributed by atoms with van der Waals surface area (Å²) in [4.78, 5) is 9.28. The van der Waals surface area contributed by atoms with E-state index in [2.05, 4.69) is 105 Å². The molecule has 0 aliphatic rings. The van der Waals surface area contributed by atoms with Crippen molar-refractivity contribution in [1.82, 2.24) is 19.7 Å². The van der Waals surface area contributed by atoms with Gasteiger partial charge in [0, 0.05) is 18.2 Å². The largest absolute Gasteiger partial charge is 0.496 e. The van der Waals surface area contributed by atoms with E-state index in [1.807, 2.05) is 29.8 Å². The van der Waals surface area contributed by atoms with Crippen LogP contribution in [0.3, 0.4) is 0 Å². The maximum atomic E-state index is 7.23. The minimum Gasteiger partial charge on any atom is -0.496 e. The van der Waals surface area contributed by atoms with Crippen LogP contribution in [0.2, 0.25) is 5.04 Å². The van der Waals surface area contributed by atoms with E-state index in [0.29, 0.717) is 19.0 Å². The fourth-order valence-electron chi connectivity index (χ4n) is 6.40. The molecule has 0 radical (unpaired) electrons. The van der Waals surface area contributed by atoms with Gasteiger partial charge in [0.2, 0.25) is 5.95 Å². The Morgan fingerprint density at radius 1 is 0.889 bits per heavy atom. The highest BCUT2D eigenvalue weighted by Crippen LogP contribution is 2.37. The summed E-state index contributed by atoms with van der Waals surface area (Å²) in [5, 5.41) is 11.1. The molecule has 2 heterocycles. The van der Waals surface area contributed by atoms with Gasteiger partial charge in [0.05, 0.1) is 19.3 Å². The molecule has 3 N–H and O–H groups in total. The Hall–Kier alpha value is -4.21. The quantitative estimate of drug-likeness (QED) is 0.148. The average Bonchev–Trinajstić information content (AvgIpc) is 3.34. The van der Waals surface area contributed by atoms with Crippen molar-refractivity contribution >= 4 is 41.5 Å². The third kappa shape index (κ3) is 6.74. The minimum atomic E-state index is -2.64. The molecule has 45 heavy (non-hydrogen) atoms. The molecule has 1 atom stereocenters. The van der Waals surface area contributed by atoms with Crippen molar-refractivity contribution in [1.29, 1.82) is 0 Å². The summed E-state index contributed by atoms with van der Waals surface area (Å²) in [6.07, 6.45) is 2.78. The maximum Gasteiger partial charge on any atom is 0.261 e. The third-order valence-corrected chi connectivity index (χ3v) is 13.5. The number of hydrogen-bond acceptors (Lipinski definition) is 7. The SMILES string of the molecule is CCC[C@@H](CCO[Si](c1ccccc1)(c1ccccc1)C(C)(C)C)Nc1nc(N)nc2c(C)nn(Cc3ccccc3OC)c12. The van der Waals surface area contributed by atoms with E-state index in [4.69, 9.17) is 25.0 Å². The molecule has 0 aliphatic carbocycles. The van der Waals surface area contributed by atoms with Crippen LogP contribution in [0, 0.1) is 6.92 Å². The van der Waals surface area contributed by atoms with E-state index in [0.717, 1.165) is 47.3 Å². The Morgan fingerprint density at radius 3 is 2.11 bits per heavy atom. The first-order chi connectivity index (χ1) is 21.7. The van der Waals surface area contributed by atoms with Crippen LogP contribution in [0.25, 0.3) is 11.0 Å². The third-order valence-electron chi connectivity index (χ3n) is 8.47. The van der Waals surface area contributed by atoms with Gasteiger partial charge in [-0.15, -0.1) is 0 Å². The molecule has 0 bridgehead atoms. The smallest absolute Gasteiger partial charge is 0.261 e. The van der Waals surface area contributed by atoms with Crippen molar-refractivity contribution in [2.24, 2.45) is 0 Å². The number of rotatable bonds is 13. The van der Waals surface area contributed by atoms with Crippen LogP contribution >= 0.6 is 0 Å². The summed E-state index contributed by atoms with van der Waals surface area (Å²) in [5.74, 6) is 1.73. The molecule has 5 aromatic rings. The molecule has 0 saturated carbocycles. The van der Waals surface area contributed by atoms with E-state index >= 15 is 0 Å². The predicted molar refractivity (Wildman–Crippen MR) is 187 cm³/mol. The molecular weight excluding hydrogens is 577 g/mol. The number of ether oxygens (including phenoxy) is 1. The molecule has 5 rings (SSSR count). The number of anilines is 2. The first kappa shape index (κ1) is 32.2. The highest BCUT2D eigenvalue weighted by molar-refractivity contribution is 6.99. The fraction of sp³-hybridized carbons (Fsp3) is 0.361. The molecule has 9 heteroatoms. The zero-order valence-corrected chi connectivity index (χ0v) is 28.4. The summed E-state index contributed by atoms with van der Waals surface area (Å²) < 4.78 is 14.8.